The fourth-order valence-electron chi connectivity index (χ4n) is 4.29. The highest BCUT2D eigenvalue weighted by Crippen LogP contribution is 2.34. The maximum atomic E-state index is 13.1. The second-order valence-corrected chi connectivity index (χ2v) is 9.73. The fraction of sp³-hybridized carbons (Fsp3) is 0.379. The number of aliphatic hydroxyl groups excluding tert-OH is 1. The summed E-state index contributed by atoms with van der Waals surface area (Å²) in [5.41, 5.74) is 4.67. The molecule has 1 aromatic carbocycles. The summed E-state index contributed by atoms with van der Waals surface area (Å²) in [6.07, 6.45) is 3.33. The van der Waals surface area contributed by atoms with Gasteiger partial charge in [-0.25, -0.2) is 4.98 Å². The lowest BCUT2D eigenvalue weighted by atomic mass is 9.90. The van der Waals surface area contributed by atoms with Crippen LogP contribution in [0.15, 0.2) is 48.7 Å². The van der Waals surface area contributed by atoms with Crippen molar-refractivity contribution in [3.8, 4) is 23.1 Å². The maximum Gasteiger partial charge on any atom is 0.255 e. The molecule has 1 fully saturated rings. The molecule has 192 valence electrons. The van der Waals surface area contributed by atoms with Gasteiger partial charge in [-0.1, -0.05) is 6.07 Å². The molecule has 0 atom stereocenters. The Labute approximate surface area is 217 Å². The third-order valence-electron chi connectivity index (χ3n) is 6.55. The minimum atomic E-state index is -0.799. The molecule has 0 spiro atoms. The van der Waals surface area contributed by atoms with Crippen LogP contribution in [0.3, 0.4) is 0 Å². The van der Waals surface area contributed by atoms with Crippen LogP contribution in [0.25, 0.3) is 11.1 Å². The van der Waals surface area contributed by atoms with Gasteiger partial charge in [0.1, 0.15) is 6.61 Å². The molecule has 0 aliphatic carbocycles. The second-order valence-electron chi connectivity index (χ2n) is 9.73. The first-order valence-corrected chi connectivity index (χ1v) is 12.4. The number of hydrogen-bond acceptors (Lipinski definition) is 7. The average molecular weight is 501 g/mol. The number of carbonyl (C=O) groups excluding carboxylic acids is 1. The number of nitriles is 1. The van der Waals surface area contributed by atoms with Crippen LogP contribution in [0, 0.1) is 18.3 Å². The minimum Gasteiger partial charge on any atom is -0.475 e. The molecule has 1 aliphatic heterocycles. The van der Waals surface area contributed by atoms with E-state index >= 15 is 0 Å². The maximum absolute atomic E-state index is 13.1. The highest BCUT2D eigenvalue weighted by atomic mass is 16.5. The number of aromatic nitrogens is 2. The minimum absolute atomic E-state index is 0.0959. The van der Waals surface area contributed by atoms with Crippen molar-refractivity contribution >= 4 is 11.6 Å². The van der Waals surface area contributed by atoms with Gasteiger partial charge in [-0.2, -0.15) is 5.26 Å². The van der Waals surface area contributed by atoms with E-state index in [-0.39, 0.29) is 25.0 Å². The number of nitrogens with zero attached hydrogens (tertiary/aromatic N) is 3. The van der Waals surface area contributed by atoms with Gasteiger partial charge in [-0.3, -0.25) is 9.78 Å². The zero-order valence-corrected chi connectivity index (χ0v) is 21.5. The zero-order valence-electron chi connectivity index (χ0n) is 21.5. The molecule has 2 aromatic heterocycles. The predicted molar refractivity (Wildman–Crippen MR) is 141 cm³/mol. The molecular formula is C29H32N4O4. The van der Waals surface area contributed by atoms with E-state index in [4.69, 9.17) is 14.5 Å². The van der Waals surface area contributed by atoms with Crippen molar-refractivity contribution < 1.29 is 19.4 Å². The Morgan fingerprint density at radius 3 is 2.73 bits per heavy atom. The highest BCUT2D eigenvalue weighted by Gasteiger charge is 2.23. The van der Waals surface area contributed by atoms with E-state index < -0.39 is 5.41 Å². The number of ether oxygens (including phenoxy) is 2. The molecule has 1 aliphatic rings. The molecule has 0 saturated carbocycles. The lowest BCUT2D eigenvalue weighted by Crippen LogP contribution is -2.18. The van der Waals surface area contributed by atoms with Crippen molar-refractivity contribution in [1.82, 2.24) is 9.97 Å². The number of aryl methyl sites for hydroxylation is 1. The molecule has 8 nitrogen and oxygen atoms in total. The van der Waals surface area contributed by atoms with E-state index in [1.54, 1.807) is 32.2 Å². The Bertz CT molecular complexity index is 1310. The quantitative estimate of drug-likeness (QED) is 0.457. The van der Waals surface area contributed by atoms with Crippen molar-refractivity contribution in [2.75, 3.05) is 31.7 Å². The highest BCUT2D eigenvalue weighted by molar-refractivity contribution is 6.04. The summed E-state index contributed by atoms with van der Waals surface area (Å²) in [6.45, 7) is 7.02. The first-order valence-electron chi connectivity index (χ1n) is 12.4. The van der Waals surface area contributed by atoms with Gasteiger partial charge < -0.3 is 19.9 Å². The number of rotatable bonds is 8. The second kappa shape index (κ2) is 11.5. The molecule has 2 N–H and O–H groups in total. The van der Waals surface area contributed by atoms with Gasteiger partial charge in [0, 0.05) is 48.3 Å². The predicted octanol–water partition coefficient (Wildman–Crippen LogP) is 4.77. The number of anilines is 1. The SMILES string of the molecule is Cc1ccc(NC(=O)c2ccnc(C(C)(C)C#N)c2)cc1-c1cc(OCCO)nc(C2CCOCC2)c1. The lowest BCUT2D eigenvalue weighted by Gasteiger charge is -2.23. The smallest absolute Gasteiger partial charge is 0.255 e. The largest absolute Gasteiger partial charge is 0.475 e. The molecule has 3 aromatic rings. The summed E-state index contributed by atoms with van der Waals surface area (Å²) in [6, 6.07) is 15.2. The van der Waals surface area contributed by atoms with Gasteiger partial charge in [-0.05, 0) is 80.6 Å². The summed E-state index contributed by atoms with van der Waals surface area (Å²) in [4.78, 5) is 22.0. The zero-order chi connectivity index (χ0) is 26.4. The molecule has 8 heteroatoms. The molecule has 1 amide bonds. The van der Waals surface area contributed by atoms with E-state index in [1.165, 1.54) is 0 Å². The summed E-state index contributed by atoms with van der Waals surface area (Å²) in [5, 5.41) is 21.6. The molecule has 3 heterocycles. The third kappa shape index (κ3) is 6.31. The molecule has 0 unspecified atom stereocenters. The summed E-state index contributed by atoms with van der Waals surface area (Å²) in [7, 11) is 0. The monoisotopic (exact) mass is 500 g/mol. The van der Waals surface area contributed by atoms with Crippen LogP contribution in [0.2, 0.25) is 0 Å². The van der Waals surface area contributed by atoms with Crippen molar-refractivity contribution in [2.24, 2.45) is 0 Å². The van der Waals surface area contributed by atoms with Gasteiger partial charge in [0.15, 0.2) is 0 Å². The third-order valence-corrected chi connectivity index (χ3v) is 6.55. The summed E-state index contributed by atoms with van der Waals surface area (Å²) < 4.78 is 11.2. The van der Waals surface area contributed by atoms with Crippen molar-refractivity contribution in [2.45, 2.75) is 44.9 Å². The molecular weight excluding hydrogens is 468 g/mol. The van der Waals surface area contributed by atoms with Gasteiger partial charge in [0.05, 0.1) is 23.8 Å². The number of hydrogen-bond donors (Lipinski definition) is 2. The summed E-state index contributed by atoms with van der Waals surface area (Å²) in [5.74, 6) is 0.454. The molecule has 0 radical (unpaired) electrons. The van der Waals surface area contributed by atoms with Gasteiger partial charge in [-0.15, -0.1) is 0 Å². The number of aliphatic hydroxyl groups is 1. The average Bonchev–Trinajstić information content (AvgIpc) is 2.93. The van der Waals surface area contributed by atoms with Crippen LogP contribution in [-0.4, -0.2) is 47.4 Å². The Morgan fingerprint density at radius 1 is 1.22 bits per heavy atom. The van der Waals surface area contributed by atoms with E-state index in [0.717, 1.165) is 35.2 Å². The van der Waals surface area contributed by atoms with E-state index in [2.05, 4.69) is 22.4 Å². The Balaban J connectivity index is 1.64. The van der Waals surface area contributed by atoms with Crippen LogP contribution < -0.4 is 10.1 Å². The Kier molecular flexibility index (Phi) is 8.17. The first-order chi connectivity index (χ1) is 17.8. The van der Waals surface area contributed by atoms with Crippen molar-refractivity contribution in [3.05, 3.63) is 71.2 Å². The summed E-state index contributed by atoms with van der Waals surface area (Å²) >= 11 is 0. The molecule has 0 bridgehead atoms. The van der Waals surface area contributed by atoms with E-state index in [9.17, 15) is 15.2 Å². The molecule has 37 heavy (non-hydrogen) atoms. The Morgan fingerprint density at radius 2 is 2.00 bits per heavy atom. The first kappa shape index (κ1) is 26.3. The van der Waals surface area contributed by atoms with Gasteiger partial charge in [0.2, 0.25) is 5.88 Å². The van der Waals surface area contributed by atoms with Gasteiger partial charge >= 0.3 is 0 Å². The van der Waals surface area contributed by atoms with Crippen molar-refractivity contribution in [3.63, 3.8) is 0 Å². The normalized spacial score (nSPS) is 14.1. The van der Waals surface area contributed by atoms with Crippen LogP contribution in [-0.2, 0) is 10.2 Å². The molecule has 1 saturated heterocycles. The fourth-order valence-corrected chi connectivity index (χ4v) is 4.29. The van der Waals surface area contributed by atoms with E-state index in [0.29, 0.717) is 36.0 Å². The number of benzene rings is 1. The van der Waals surface area contributed by atoms with E-state index in [1.807, 2.05) is 31.2 Å². The Hall–Kier alpha value is -3.80. The lowest BCUT2D eigenvalue weighted by molar-refractivity contribution is 0.0843. The number of amides is 1. The number of carbonyl (C=O) groups is 1. The number of nitrogens with one attached hydrogen (secondary N) is 1. The van der Waals surface area contributed by atoms with Crippen LogP contribution in [0.1, 0.15) is 59.9 Å². The standard InChI is InChI=1S/C29H32N4O4/c1-19-4-5-23(32-28(35)21-6-9-31-26(15-21)29(2,3)18-30)17-24(19)22-14-25(20-7-11-36-12-8-20)33-27(16-22)37-13-10-34/h4-6,9,14-17,20,34H,7-8,10-13H2,1-3H3,(H,32,35). The van der Waals surface area contributed by atoms with Crippen LogP contribution >= 0.6 is 0 Å². The topological polar surface area (TPSA) is 117 Å². The van der Waals surface area contributed by atoms with Gasteiger partial charge in [0.25, 0.3) is 5.91 Å². The van der Waals surface area contributed by atoms with Crippen LogP contribution in [0.4, 0.5) is 5.69 Å². The number of pyridine rings is 2. The molecule has 4 rings (SSSR count). The van der Waals surface area contributed by atoms with Crippen molar-refractivity contribution in [1.29, 1.82) is 5.26 Å². The van der Waals surface area contributed by atoms with Crippen LogP contribution in [0.5, 0.6) is 5.88 Å².